The van der Waals surface area contributed by atoms with Crippen molar-refractivity contribution in [1.29, 1.82) is 0 Å². The smallest absolute Gasteiger partial charge is 0.230 e. The van der Waals surface area contributed by atoms with Gasteiger partial charge in [-0.2, -0.15) is 0 Å². The summed E-state index contributed by atoms with van der Waals surface area (Å²) in [5.41, 5.74) is 3.65. The summed E-state index contributed by atoms with van der Waals surface area (Å²) in [6.45, 7) is 9.58. The fourth-order valence-corrected chi connectivity index (χ4v) is 10.3. The van der Waals surface area contributed by atoms with E-state index in [4.69, 9.17) is 0 Å². The minimum atomic E-state index is 0.194. The lowest BCUT2D eigenvalue weighted by molar-refractivity contribution is -0.119. The van der Waals surface area contributed by atoms with Gasteiger partial charge in [-0.25, -0.2) is 0 Å². The molecule has 7 unspecified atom stereocenters. The Labute approximate surface area is 213 Å². The van der Waals surface area contributed by atoms with E-state index in [1.165, 1.54) is 98.6 Å². The number of hydrogen-bond acceptors (Lipinski definition) is 2. The van der Waals surface area contributed by atoms with E-state index in [2.05, 4.69) is 50.6 Å². The van der Waals surface area contributed by atoms with E-state index in [-0.39, 0.29) is 5.91 Å². The highest BCUT2D eigenvalue weighted by Gasteiger charge is 2.59. The molecule has 0 aliphatic heterocycles. The third-order valence-corrected chi connectivity index (χ3v) is 12.6. The van der Waals surface area contributed by atoms with Crippen molar-refractivity contribution in [2.75, 3.05) is 0 Å². The van der Waals surface area contributed by atoms with E-state index in [9.17, 15) is 4.79 Å². The van der Waals surface area contributed by atoms with Crippen molar-refractivity contribution in [3.8, 4) is 0 Å². The molecular weight excluding hydrogens is 434 g/mol. The molecule has 0 radical (unpaired) electrons. The number of carbonyl (C=O) groups is 1. The lowest BCUT2D eigenvalue weighted by atomic mass is 9.45. The van der Waals surface area contributed by atoms with Crippen LogP contribution in [-0.4, -0.2) is 5.91 Å². The molecule has 7 atom stereocenters. The molecule has 4 saturated carbocycles. The molecule has 0 aromatic heterocycles. The molecule has 4 aliphatic rings. The van der Waals surface area contributed by atoms with Crippen LogP contribution < -0.4 is 4.72 Å². The van der Waals surface area contributed by atoms with Crippen molar-refractivity contribution in [2.45, 2.75) is 116 Å². The molecule has 2 nitrogen and oxygen atoms in total. The van der Waals surface area contributed by atoms with Crippen LogP contribution in [0, 0.1) is 54.3 Å². The van der Waals surface area contributed by atoms with Crippen LogP contribution >= 0.6 is 11.9 Å². The second-order valence-electron chi connectivity index (χ2n) is 13.0. The van der Waals surface area contributed by atoms with Gasteiger partial charge in [0, 0.05) is 11.3 Å². The maximum Gasteiger partial charge on any atom is 0.230 e. The lowest BCUT2D eigenvalue weighted by Crippen LogP contribution is -2.52. The fourth-order valence-electron chi connectivity index (χ4n) is 9.51. The molecule has 0 heterocycles. The average Bonchev–Trinajstić information content (AvgIpc) is 3.15. The SMILES string of the molecule is Cc1cccc(C)c1SNC(=O)CCCC1CCC2C3CCC4CCCCC4(C)C3CCC12C. The number of hydrogen-bond donors (Lipinski definition) is 1. The Kier molecular flexibility index (Phi) is 7.15. The average molecular weight is 482 g/mol. The third kappa shape index (κ3) is 4.37. The molecule has 1 amide bonds. The monoisotopic (exact) mass is 481 g/mol. The van der Waals surface area contributed by atoms with E-state index in [1.54, 1.807) is 0 Å². The van der Waals surface area contributed by atoms with E-state index in [0.717, 1.165) is 36.0 Å². The van der Waals surface area contributed by atoms with Crippen LogP contribution in [-0.2, 0) is 4.79 Å². The van der Waals surface area contributed by atoms with E-state index in [1.807, 2.05) is 0 Å². The summed E-state index contributed by atoms with van der Waals surface area (Å²) >= 11 is 1.50. The number of amides is 1. The van der Waals surface area contributed by atoms with Gasteiger partial charge in [-0.05, 0) is 142 Å². The lowest BCUT2D eigenvalue weighted by Gasteiger charge is -2.60. The Hall–Kier alpha value is -0.960. The molecule has 188 valence electrons. The first-order valence-electron chi connectivity index (χ1n) is 14.3. The molecule has 1 N–H and O–H groups in total. The molecule has 0 bridgehead atoms. The Bertz CT molecular complexity index is 877. The second kappa shape index (κ2) is 9.83. The van der Waals surface area contributed by atoms with Gasteiger partial charge in [0.2, 0.25) is 5.91 Å². The number of benzene rings is 1. The molecule has 1 aromatic rings. The zero-order valence-electron chi connectivity index (χ0n) is 22.1. The van der Waals surface area contributed by atoms with Crippen LogP contribution in [0.4, 0.5) is 0 Å². The van der Waals surface area contributed by atoms with Crippen LogP contribution in [0.15, 0.2) is 23.1 Å². The molecule has 3 heteroatoms. The highest BCUT2D eigenvalue weighted by Crippen LogP contribution is 2.67. The standard InChI is InChI=1S/C31H47NOS/c1-21-9-7-10-22(2)29(21)34-32-28(33)13-8-12-24-15-17-26-25-16-14-23-11-5-6-19-30(23,3)27(25)18-20-31(24,26)4/h7,9-10,23-27H,5-6,8,11-20H2,1-4H3,(H,32,33). The summed E-state index contributed by atoms with van der Waals surface area (Å²) < 4.78 is 3.12. The van der Waals surface area contributed by atoms with Gasteiger partial charge in [-0.15, -0.1) is 0 Å². The van der Waals surface area contributed by atoms with E-state index < -0.39 is 0 Å². The highest BCUT2D eigenvalue weighted by atomic mass is 32.2. The Morgan fingerprint density at radius 3 is 2.50 bits per heavy atom. The van der Waals surface area contributed by atoms with E-state index in [0.29, 0.717) is 17.3 Å². The third-order valence-electron chi connectivity index (χ3n) is 11.4. The van der Waals surface area contributed by atoms with Crippen molar-refractivity contribution in [3.63, 3.8) is 0 Å². The zero-order valence-corrected chi connectivity index (χ0v) is 22.9. The predicted octanol–water partition coefficient (Wildman–Crippen LogP) is 8.65. The molecule has 0 saturated heterocycles. The number of fused-ring (bicyclic) bond motifs is 5. The minimum absolute atomic E-state index is 0.194. The molecular formula is C31H47NOS. The molecule has 4 aliphatic carbocycles. The van der Waals surface area contributed by atoms with Gasteiger partial charge in [0.1, 0.15) is 0 Å². The first-order chi connectivity index (χ1) is 16.3. The zero-order chi connectivity index (χ0) is 23.9. The summed E-state index contributed by atoms with van der Waals surface area (Å²) in [5.74, 6) is 4.97. The quantitative estimate of drug-likeness (QED) is 0.412. The minimum Gasteiger partial charge on any atom is -0.296 e. The van der Waals surface area contributed by atoms with Crippen molar-refractivity contribution in [3.05, 3.63) is 29.3 Å². The molecule has 5 rings (SSSR count). The van der Waals surface area contributed by atoms with Crippen LogP contribution in [0.1, 0.15) is 108 Å². The fraction of sp³-hybridized carbons (Fsp3) is 0.774. The molecule has 1 aromatic carbocycles. The van der Waals surface area contributed by atoms with Crippen molar-refractivity contribution >= 4 is 17.9 Å². The normalized spacial score (nSPS) is 39.1. The molecule has 4 fully saturated rings. The largest absolute Gasteiger partial charge is 0.296 e. The first kappa shape index (κ1) is 24.7. The van der Waals surface area contributed by atoms with Crippen LogP contribution in [0.3, 0.4) is 0 Å². The summed E-state index contributed by atoms with van der Waals surface area (Å²) in [6, 6.07) is 6.32. The van der Waals surface area contributed by atoms with Crippen LogP contribution in [0.2, 0.25) is 0 Å². The van der Waals surface area contributed by atoms with Crippen molar-refractivity contribution in [1.82, 2.24) is 4.72 Å². The second-order valence-corrected chi connectivity index (χ2v) is 13.8. The Balaban J connectivity index is 1.14. The maximum atomic E-state index is 12.6. The predicted molar refractivity (Wildman–Crippen MR) is 144 cm³/mol. The number of carbonyl (C=O) groups excluding carboxylic acids is 1. The summed E-state index contributed by atoms with van der Waals surface area (Å²) in [6.07, 6.45) is 17.7. The summed E-state index contributed by atoms with van der Waals surface area (Å²) in [5, 5.41) is 0. The summed E-state index contributed by atoms with van der Waals surface area (Å²) in [4.78, 5) is 13.8. The summed E-state index contributed by atoms with van der Waals surface area (Å²) in [7, 11) is 0. The van der Waals surface area contributed by atoms with Crippen molar-refractivity contribution in [2.24, 2.45) is 40.4 Å². The number of rotatable bonds is 6. The maximum absolute atomic E-state index is 12.6. The van der Waals surface area contributed by atoms with Gasteiger partial charge < -0.3 is 0 Å². The molecule has 0 spiro atoms. The van der Waals surface area contributed by atoms with Gasteiger partial charge in [0.15, 0.2) is 0 Å². The van der Waals surface area contributed by atoms with Gasteiger partial charge >= 0.3 is 0 Å². The number of nitrogens with one attached hydrogen (secondary N) is 1. The van der Waals surface area contributed by atoms with Gasteiger partial charge in [0.05, 0.1) is 0 Å². The van der Waals surface area contributed by atoms with Gasteiger partial charge in [-0.3, -0.25) is 9.52 Å². The van der Waals surface area contributed by atoms with Crippen LogP contribution in [0.25, 0.3) is 0 Å². The highest BCUT2D eigenvalue weighted by molar-refractivity contribution is 7.98. The number of aryl methyl sites for hydroxylation is 2. The first-order valence-corrected chi connectivity index (χ1v) is 15.2. The Morgan fingerprint density at radius 1 is 0.941 bits per heavy atom. The van der Waals surface area contributed by atoms with Gasteiger partial charge in [-0.1, -0.05) is 44.9 Å². The van der Waals surface area contributed by atoms with Gasteiger partial charge in [0.25, 0.3) is 0 Å². The van der Waals surface area contributed by atoms with Crippen LogP contribution in [0.5, 0.6) is 0 Å². The topological polar surface area (TPSA) is 29.1 Å². The van der Waals surface area contributed by atoms with E-state index >= 15 is 0 Å². The molecule has 34 heavy (non-hydrogen) atoms. The van der Waals surface area contributed by atoms with Crippen molar-refractivity contribution < 1.29 is 4.79 Å². The Morgan fingerprint density at radius 2 is 1.71 bits per heavy atom.